The lowest BCUT2D eigenvalue weighted by atomic mass is 10.2. The first-order valence-electron chi connectivity index (χ1n) is 6.61. The van der Waals surface area contributed by atoms with E-state index in [0.29, 0.717) is 11.3 Å². The molecule has 0 aliphatic rings. The van der Waals surface area contributed by atoms with E-state index < -0.39 is 4.92 Å². The molecule has 0 radical (unpaired) electrons. The highest BCUT2D eigenvalue weighted by atomic mass is 127. The first-order chi connectivity index (χ1) is 11.4. The van der Waals surface area contributed by atoms with Crippen molar-refractivity contribution in [1.82, 2.24) is 5.32 Å². The van der Waals surface area contributed by atoms with Crippen molar-refractivity contribution in [2.45, 2.75) is 0 Å². The first-order valence-corrected chi connectivity index (χ1v) is 8.10. The molecular weight excluding hydrogens is 445 g/mol. The number of anilines is 1. The van der Waals surface area contributed by atoms with Crippen molar-refractivity contribution in [3.05, 3.63) is 61.7 Å². The van der Waals surface area contributed by atoms with Crippen LogP contribution in [0.5, 0.6) is 5.75 Å². The highest BCUT2D eigenvalue weighted by molar-refractivity contribution is 14.1. The molecule has 0 saturated carbocycles. The van der Waals surface area contributed by atoms with Gasteiger partial charge < -0.3 is 10.1 Å². The van der Waals surface area contributed by atoms with Gasteiger partial charge in [0.05, 0.1) is 29.4 Å². The minimum atomic E-state index is -0.524. The van der Waals surface area contributed by atoms with Crippen molar-refractivity contribution < 1.29 is 14.5 Å². The smallest absolute Gasteiger partial charge is 0.273 e. The van der Waals surface area contributed by atoms with Crippen molar-refractivity contribution in [3.63, 3.8) is 0 Å². The van der Waals surface area contributed by atoms with Crippen molar-refractivity contribution >= 4 is 57.2 Å². The molecule has 0 fully saturated rings. The Kier molecular flexibility index (Phi) is 6.04. The number of hydrogen-bond acceptors (Lipinski definition) is 5. The molecule has 124 valence electrons. The van der Waals surface area contributed by atoms with E-state index in [-0.39, 0.29) is 22.5 Å². The molecule has 2 aromatic rings. The predicted molar refractivity (Wildman–Crippen MR) is 102 cm³/mol. The van der Waals surface area contributed by atoms with Crippen molar-refractivity contribution in [2.75, 3.05) is 12.4 Å². The van der Waals surface area contributed by atoms with Crippen LogP contribution in [0.25, 0.3) is 0 Å². The Morgan fingerprint density at radius 2 is 2.00 bits per heavy atom. The molecule has 0 bridgehead atoms. The third-order valence-electron chi connectivity index (χ3n) is 2.99. The number of non-ortho nitro benzene ring substituents is 1. The summed E-state index contributed by atoms with van der Waals surface area (Å²) in [7, 11) is 1.39. The zero-order valence-electron chi connectivity index (χ0n) is 12.4. The third-order valence-corrected chi connectivity index (χ3v) is 4.13. The summed E-state index contributed by atoms with van der Waals surface area (Å²) in [5.41, 5.74) is 0.806. The van der Waals surface area contributed by atoms with E-state index in [2.05, 4.69) is 33.2 Å². The van der Waals surface area contributed by atoms with E-state index in [9.17, 15) is 14.9 Å². The van der Waals surface area contributed by atoms with Crippen LogP contribution in [0.1, 0.15) is 10.4 Å². The van der Waals surface area contributed by atoms with E-state index in [0.717, 1.165) is 3.57 Å². The van der Waals surface area contributed by atoms with Gasteiger partial charge in [-0.1, -0.05) is 12.1 Å². The lowest BCUT2D eigenvalue weighted by molar-refractivity contribution is -0.384. The summed E-state index contributed by atoms with van der Waals surface area (Å²) in [4.78, 5) is 22.5. The summed E-state index contributed by atoms with van der Waals surface area (Å²) >= 11 is 7.17. The number of nitro benzene ring substituents is 1. The van der Waals surface area contributed by atoms with Gasteiger partial charge in [0.2, 0.25) is 0 Å². The van der Waals surface area contributed by atoms with Gasteiger partial charge in [-0.15, -0.1) is 0 Å². The molecule has 0 unspecified atom stereocenters. The Labute approximate surface area is 156 Å². The molecule has 0 saturated heterocycles. The van der Waals surface area contributed by atoms with Crippen LogP contribution in [-0.4, -0.2) is 23.1 Å². The van der Waals surface area contributed by atoms with Gasteiger partial charge in [-0.3, -0.25) is 20.2 Å². The van der Waals surface area contributed by atoms with Crippen LogP contribution in [0.3, 0.4) is 0 Å². The second kappa shape index (κ2) is 8.02. The summed E-state index contributed by atoms with van der Waals surface area (Å²) in [6.07, 6.45) is 0. The maximum absolute atomic E-state index is 12.2. The Morgan fingerprint density at radius 3 is 2.62 bits per heavy atom. The summed E-state index contributed by atoms with van der Waals surface area (Å²) in [5, 5.41) is 16.2. The molecule has 2 aromatic carbocycles. The van der Waals surface area contributed by atoms with Crippen LogP contribution in [-0.2, 0) is 0 Å². The molecule has 0 spiro atoms. The lowest BCUT2D eigenvalue weighted by Crippen LogP contribution is -2.34. The molecule has 24 heavy (non-hydrogen) atoms. The van der Waals surface area contributed by atoms with Gasteiger partial charge in [0, 0.05) is 9.64 Å². The van der Waals surface area contributed by atoms with Gasteiger partial charge in [0.15, 0.2) is 5.11 Å². The quantitative estimate of drug-likeness (QED) is 0.317. The Balaban J connectivity index is 2.11. The van der Waals surface area contributed by atoms with Gasteiger partial charge in [0.1, 0.15) is 5.75 Å². The lowest BCUT2D eigenvalue weighted by Gasteiger charge is -2.13. The van der Waals surface area contributed by atoms with Gasteiger partial charge in [-0.2, -0.15) is 0 Å². The standard InChI is InChI=1S/C15H12IN3O4S/c1-23-13-8-9(19(21)22)6-7-12(13)17-15(24)18-14(20)10-4-2-3-5-11(10)16/h2-8H,1H3,(H2,17,18,20,24). The number of nitrogens with one attached hydrogen (secondary N) is 2. The van der Waals surface area contributed by atoms with Crippen LogP contribution in [0.4, 0.5) is 11.4 Å². The maximum Gasteiger partial charge on any atom is 0.273 e. The topological polar surface area (TPSA) is 93.5 Å². The molecule has 0 atom stereocenters. The van der Waals surface area contributed by atoms with E-state index in [1.165, 1.54) is 25.3 Å². The molecule has 9 heteroatoms. The molecular formula is C15H12IN3O4S. The normalized spacial score (nSPS) is 9.92. The largest absolute Gasteiger partial charge is 0.494 e. The van der Waals surface area contributed by atoms with Crippen LogP contribution in [0.2, 0.25) is 0 Å². The van der Waals surface area contributed by atoms with Crippen molar-refractivity contribution in [2.24, 2.45) is 0 Å². The number of ether oxygens (including phenoxy) is 1. The highest BCUT2D eigenvalue weighted by Gasteiger charge is 2.14. The average molecular weight is 457 g/mol. The van der Waals surface area contributed by atoms with Crippen LogP contribution in [0, 0.1) is 13.7 Å². The number of halogens is 1. The van der Waals surface area contributed by atoms with Crippen LogP contribution in [0.15, 0.2) is 42.5 Å². The van der Waals surface area contributed by atoms with Crippen LogP contribution < -0.4 is 15.4 Å². The summed E-state index contributed by atoms with van der Waals surface area (Å²) in [5.74, 6) is -0.103. The second-order valence-electron chi connectivity index (χ2n) is 4.53. The summed E-state index contributed by atoms with van der Waals surface area (Å²) in [6.45, 7) is 0. The number of methoxy groups -OCH3 is 1. The van der Waals surface area contributed by atoms with E-state index >= 15 is 0 Å². The fraction of sp³-hybridized carbons (Fsp3) is 0.0667. The predicted octanol–water partition coefficient (Wildman–Crippen LogP) is 3.33. The maximum atomic E-state index is 12.2. The average Bonchev–Trinajstić information content (AvgIpc) is 2.55. The number of hydrogen-bond donors (Lipinski definition) is 2. The molecule has 7 nitrogen and oxygen atoms in total. The molecule has 2 N–H and O–H groups in total. The van der Waals surface area contributed by atoms with E-state index in [1.54, 1.807) is 12.1 Å². The second-order valence-corrected chi connectivity index (χ2v) is 6.10. The summed E-state index contributed by atoms with van der Waals surface area (Å²) < 4.78 is 5.90. The molecule has 0 aliphatic carbocycles. The first kappa shape index (κ1) is 18.1. The van der Waals surface area contributed by atoms with Gasteiger partial charge in [-0.25, -0.2) is 0 Å². The van der Waals surface area contributed by atoms with E-state index in [4.69, 9.17) is 17.0 Å². The van der Waals surface area contributed by atoms with Gasteiger partial charge in [0.25, 0.3) is 11.6 Å². The fourth-order valence-electron chi connectivity index (χ4n) is 1.87. The Bertz CT molecular complexity index is 813. The third kappa shape index (κ3) is 4.38. The molecule has 0 heterocycles. The van der Waals surface area contributed by atoms with Crippen LogP contribution >= 0.6 is 34.8 Å². The minimum absolute atomic E-state index is 0.0619. The zero-order chi connectivity index (χ0) is 17.7. The minimum Gasteiger partial charge on any atom is -0.494 e. The Hall–Kier alpha value is -2.27. The number of carbonyl (C=O) groups excluding carboxylic acids is 1. The molecule has 0 aliphatic heterocycles. The van der Waals surface area contributed by atoms with Crippen molar-refractivity contribution in [1.29, 1.82) is 0 Å². The van der Waals surface area contributed by atoms with Crippen molar-refractivity contribution in [3.8, 4) is 5.75 Å². The molecule has 2 rings (SSSR count). The number of thiocarbonyl (C=S) groups is 1. The fourth-order valence-corrected chi connectivity index (χ4v) is 2.70. The zero-order valence-corrected chi connectivity index (χ0v) is 15.4. The SMILES string of the molecule is COc1cc([N+](=O)[O-])ccc1NC(=S)NC(=O)c1ccccc1I. The number of nitro groups is 1. The monoisotopic (exact) mass is 457 g/mol. The molecule has 0 aromatic heterocycles. The number of carbonyl (C=O) groups is 1. The highest BCUT2D eigenvalue weighted by Crippen LogP contribution is 2.28. The molecule has 1 amide bonds. The number of nitrogens with zero attached hydrogens (tertiary/aromatic N) is 1. The van der Waals surface area contributed by atoms with E-state index in [1.807, 2.05) is 12.1 Å². The number of amides is 1. The number of rotatable bonds is 4. The van der Waals surface area contributed by atoms with Gasteiger partial charge in [-0.05, 0) is 53.0 Å². The van der Waals surface area contributed by atoms with Gasteiger partial charge >= 0.3 is 0 Å². The Morgan fingerprint density at radius 1 is 1.29 bits per heavy atom. The summed E-state index contributed by atoms with van der Waals surface area (Å²) in [6, 6.07) is 11.1. The number of benzene rings is 2.